The predicted molar refractivity (Wildman–Crippen MR) is 103 cm³/mol. The first-order chi connectivity index (χ1) is 13.2. The zero-order valence-corrected chi connectivity index (χ0v) is 14.9. The van der Waals surface area contributed by atoms with E-state index >= 15 is 0 Å². The Labute approximate surface area is 157 Å². The molecule has 0 saturated heterocycles. The Bertz CT molecular complexity index is 994. The third kappa shape index (κ3) is 3.55. The molecule has 3 aromatic rings. The molecular formula is C21H19N3O3. The molecule has 1 amide bonds. The molecule has 0 spiro atoms. The summed E-state index contributed by atoms with van der Waals surface area (Å²) in [6.45, 7) is 2.92. The fraction of sp³-hybridized carbons (Fsp3) is 0.143. The van der Waals surface area contributed by atoms with Gasteiger partial charge >= 0.3 is 0 Å². The highest BCUT2D eigenvalue weighted by Gasteiger charge is 2.14. The lowest BCUT2D eigenvalue weighted by atomic mass is 10.1. The minimum atomic E-state index is -0.267. The van der Waals surface area contributed by atoms with Crippen LogP contribution in [0.3, 0.4) is 0 Å². The fourth-order valence-corrected chi connectivity index (χ4v) is 2.91. The topological polar surface area (TPSA) is 64.9 Å². The first-order valence-corrected chi connectivity index (χ1v) is 8.69. The number of para-hydroxylation sites is 1. The molecule has 0 bridgehead atoms. The van der Waals surface area contributed by atoms with E-state index in [4.69, 9.17) is 9.47 Å². The second-order valence-corrected chi connectivity index (χ2v) is 6.10. The van der Waals surface area contributed by atoms with Gasteiger partial charge in [0, 0.05) is 18.0 Å². The average Bonchev–Trinajstić information content (AvgIpc) is 3.26. The predicted octanol–water partition coefficient (Wildman–Crippen LogP) is 3.40. The molecule has 136 valence electrons. The van der Waals surface area contributed by atoms with Gasteiger partial charge in [-0.25, -0.2) is 5.43 Å². The van der Waals surface area contributed by atoms with Crippen molar-refractivity contribution in [3.05, 3.63) is 78.1 Å². The second kappa shape index (κ2) is 7.37. The summed E-state index contributed by atoms with van der Waals surface area (Å²) in [5, 5.41) is 4.25. The van der Waals surface area contributed by atoms with Gasteiger partial charge in [-0.05, 0) is 49.4 Å². The SMILES string of the molecule is C/C(=N/NC(=O)c1ccccc1-n1cccc1)c1ccc2c(c1)OCCO2. The highest BCUT2D eigenvalue weighted by atomic mass is 16.6. The third-order valence-corrected chi connectivity index (χ3v) is 4.32. The van der Waals surface area contributed by atoms with E-state index in [1.807, 2.05) is 72.4 Å². The van der Waals surface area contributed by atoms with Crippen molar-refractivity contribution in [2.75, 3.05) is 13.2 Å². The monoisotopic (exact) mass is 361 g/mol. The molecule has 4 rings (SSSR count). The number of hydrogen-bond donors (Lipinski definition) is 1. The number of carbonyl (C=O) groups excluding carboxylic acids is 1. The molecule has 2 heterocycles. The lowest BCUT2D eigenvalue weighted by molar-refractivity contribution is 0.0955. The van der Waals surface area contributed by atoms with Crippen LogP contribution in [0, 0.1) is 0 Å². The Morgan fingerprint density at radius 2 is 1.74 bits per heavy atom. The zero-order chi connectivity index (χ0) is 18.6. The van der Waals surface area contributed by atoms with Gasteiger partial charge in [-0.2, -0.15) is 5.10 Å². The van der Waals surface area contributed by atoms with Crippen molar-refractivity contribution < 1.29 is 14.3 Å². The number of amides is 1. The van der Waals surface area contributed by atoms with Crippen molar-refractivity contribution in [1.29, 1.82) is 0 Å². The van der Waals surface area contributed by atoms with E-state index in [1.165, 1.54) is 0 Å². The van der Waals surface area contributed by atoms with Crippen molar-refractivity contribution in [2.45, 2.75) is 6.92 Å². The van der Waals surface area contributed by atoms with Crippen LogP contribution in [0.15, 0.2) is 72.1 Å². The Morgan fingerprint density at radius 3 is 2.56 bits per heavy atom. The van der Waals surface area contributed by atoms with E-state index in [0.29, 0.717) is 30.2 Å². The Hall–Kier alpha value is -3.54. The first-order valence-electron chi connectivity index (χ1n) is 8.69. The molecule has 1 aliphatic rings. The van der Waals surface area contributed by atoms with Crippen LogP contribution in [-0.4, -0.2) is 29.4 Å². The van der Waals surface area contributed by atoms with Crippen LogP contribution in [0.1, 0.15) is 22.8 Å². The summed E-state index contributed by atoms with van der Waals surface area (Å²) in [6.07, 6.45) is 3.80. The maximum absolute atomic E-state index is 12.7. The number of hydrazone groups is 1. The van der Waals surface area contributed by atoms with Gasteiger partial charge in [0.05, 0.1) is 17.0 Å². The second-order valence-electron chi connectivity index (χ2n) is 6.10. The molecular weight excluding hydrogens is 342 g/mol. The minimum Gasteiger partial charge on any atom is -0.486 e. The van der Waals surface area contributed by atoms with Gasteiger partial charge in [0.2, 0.25) is 0 Å². The minimum absolute atomic E-state index is 0.267. The summed E-state index contributed by atoms with van der Waals surface area (Å²) in [5.74, 6) is 1.15. The third-order valence-electron chi connectivity index (χ3n) is 4.32. The van der Waals surface area contributed by atoms with Crippen LogP contribution in [0.5, 0.6) is 11.5 Å². The molecule has 0 fully saturated rings. The van der Waals surface area contributed by atoms with Gasteiger partial charge in [-0.15, -0.1) is 0 Å². The Balaban J connectivity index is 1.54. The van der Waals surface area contributed by atoms with E-state index in [2.05, 4.69) is 10.5 Å². The summed E-state index contributed by atoms with van der Waals surface area (Å²) in [5.41, 5.74) is 5.53. The van der Waals surface area contributed by atoms with Gasteiger partial charge < -0.3 is 14.0 Å². The highest BCUT2D eigenvalue weighted by Crippen LogP contribution is 2.30. The van der Waals surface area contributed by atoms with Crippen molar-refractivity contribution >= 4 is 11.6 Å². The van der Waals surface area contributed by atoms with Crippen molar-refractivity contribution in [2.24, 2.45) is 5.10 Å². The molecule has 0 aliphatic carbocycles. The molecule has 6 nitrogen and oxygen atoms in total. The molecule has 6 heteroatoms. The molecule has 0 saturated carbocycles. The number of nitrogens with one attached hydrogen (secondary N) is 1. The number of aromatic nitrogens is 1. The number of fused-ring (bicyclic) bond motifs is 1. The van der Waals surface area contributed by atoms with E-state index in [0.717, 1.165) is 17.0 Å². The summed E-state index contributed by atoms with van der Waals surface area (Å²) >= 11 is 0. The van der Waals surface area contributed by atoms with Crippen LogP contribution < -0.4 is 14.9 Å². The molecule has 1 aromatic heterocycles. The average molecular weight is 361 g/mol. The highest BCUT2D eigenvalue weighted by molar-refractivity contribution is 6.02. The summed E-state index contributed by atoms with van der Waals surface area (Å²) in [7, 11) is 0. The Morgan fingerprint density at radius 1 is 1.00 bits per heavy atom. The maximum atomic E-state index is 12.7. The number of rotatable bonds is 4. The molecule has 2 aromatic carbocycles. The molecule has 0 radical (unpaired) electrons. The fourth-order valence-electron chi connectivity index (χ4n) is 2.91. The van der Waals surface area contributed by atoms with Crippen LogP contribution in [0.25, 0.3) is 5.69 Å². The normalized spacial score (nSPS) is 13.3. The van der Waals surface area contributed by atoms with Crippen molar-refractivity contribution in [3.63, 3.8) is 0 Å². The van der Waals surface area contributed by atoms with Crippen molar-refractivity contribution in [1.82, 2.24) is 9.99 Å². The lowest BCUT2D eigenvalue weighted by Crippen LogP contribution is -2.21. The molecule has 1 aliphatic heterocycles. The van der Waals surface area contributed by atoms with Crippen LogP contribution in [0.2, 0.25) is 0 Å². The van der Waals surface area contributed by atoms with Gasteiger partial charge in [-0.1, -0.05) is 12.1 Å². The van der Waals surface area contributed by atoms with Crippen LogP contribution in [0.4, 0.5) is 0 Å². The van der Waals surface area contributed by atoms with Gasteiger partial charge in [-0.3, -0.25) is 4.79 Å². The summed E-state index contributed by atoms with van der Waals surface area (Å²) in [6, 6.07) is 16.9. The van der Waals surface area contributed by atoms with Crippen LogP contribution >= 0.6 is 0 Å². The standard InChI is InChI=1S/C21H19N3O3/c1-15(16-8-9-19-20(14-16)27-13-12-26-19)22-23-21(25)17-6-2-3-7-18(17)24-10-4-5-11-24/h2-11,14H,12-13H2,1H3,(H,23,25)/b22-15-. The Kier molecular flexibility index (Phi) is 4.61. The molecule has 0 unspecified atom stereocenters. The van der Waals surface area contributed by atoms with Gasteiger partial charge in [0.15, 0.2) is 11.5 Å². The molecule has 27 heavy (non-hydrogen) atoms. The molecule has 0 atom stereocenters. The zero-order valence-electron chi connectivity index (χ0n) is 14.9. The lowest BCUT2D eigenvalue weighted by Gasteiger charge is -2.18. The van der Waals surface area contributed by atoms with E-state index in [1.54, 1.807) is 6.07 Å². The maximum Gasteiger partial charge on any atom is 0.273 e. The number of carbonyl (C=O) groups is 1. The quantitative estimate of drug-likeness (QED) is 0.572. The van der Waals surface area contributed by atoms with E-state index < -0.39 is 0 Å². The van der Waals surface area contributed by atoms with Crippen molar-refractivity contribution in [3.8, 4) is 17.2 Å². The van der Waals surface area contributed by atoms with Gasteiger partial charge in [0.1, 0.15) is 13.2 Å². The van der Waals surface area contributed by atoms with E-state index in [9.17, 15) is 4.79 Å². The van der Waals surface area contributed by atoms with Crippen LogP contribution in [-0.2, 0) is 0 Å². The number of hydrogen-bond acceptors (Lipinski definition) is 4. The first kappa shape index (κ1) is 16.9. The largest absolute Gasteiger partial charge is 0.486 e. The molecule has 1 N–H and O–H groups in total. The summed E-state index contributed by atoms with van der Waals surface area (Å²) < 4.78 is 13.0. The smallest absolute Gasteiger partial charge is 0.273 e. The number of benzene rings is 2. The number of ether oxygens (including phenoxy) is 2. The van der Waals surface area contributed by atoms with Gasteiger partial charge in [0.25, 0.3) is 5.91 Å². The summed E-state index contributed by atoms with van der Waals surface area (Å²) in [4.78, 5) is 12.7. The van der Waals surface area contributed by atoms with E-state index in [-0.39, 0.29) is 5.91 Å². The number of nitrogens with zero attached hydrogens (tertiary/aromatic N) is 2.